The molecule has 1 aliphatic rings. The second-order valence-corrected chi connectivity index (χ2v) is 5.45. The Hall–Kier alpha value is -2.21. The van der Waals surface area contributed by atoms with Crippen molar-refractivity contribution in [3.8, 4) is 0 Å². The molecule has 6 heteroatoms. The number of carbonyl (C=O) groups excluding carboxylic acids is 1. The van der Waals surface area contributed by atoms with Gasteiger partial charge in [-0.15, -0.1) is 0 Å². The van der Waals surface area contributed by atoms with Gasteiger partial charge in [0.2, 0.25) is 5.91 Å². The first kappa shape index (κ1) is 13.8. The number of aromatic nitrogens is 3. The minimum atomic E-state index is -0.377. The van der Waals surface area contributed by atoms with Gasteiger partial charge >= 0.3 is 0 Å². The highest BCUT2D eigenvalue weighted by Gasteiger charge is 2.25. The van der Waals surface area contributed by atoms with Crippen molar-refractivity contribution in [3.05, 3.63) is 48.0 Å². The molecular weight excluding hydrogens is 266 g/mol. The zero-order valence-electron chi connectivity index (χ0n) is 11.9. The van der Waals surface area contributed by atoms with Gasteiger partial charge in [0.25, 0.3) is 0 Å². The summed E-state index contributed by atoms with van der Waals surface area (Å²) < 4.78 is 1.88. The Labute approximate surface area is 123 Å². The standard InChI is InChI=1S/C15H19N5O/c16-15(21)13-4-1-3-12(7-13)8-19-6-2-5-14(19)9-20-11-17-10-18-20/h1,3-4,7,10-11,14H,2,5-6,8-9H2,(H2,16,21)/t14-/m1/s1. The monoisotopic (exact) mass is 285 g/mol. The molecule has 1 atom stereocenters. The van der Waals surface area contributed by atoms with E-state index >= 15 is 0 Å². The maximum absolute atomic E-state index is 11.3. The van der Waals surface area contributed by atoms with Crippen LogP contribution in [0.25, 0.3) is 0 Å². The smallest absolute Gasteiger partial charge is 0.248 e. The molecule has 110 valence electrons. The number of primary amides is 1. The average Bonchev–Trinajstić information content (AvgIpc) is 3.12. The Kier molecular flexibility index (Phi) is 3.96. The van der Waals surface area contributed by atoms with Crippen LogP contribution < -0.4 is 5.73 Å². The van der Waals surface area contributed by atoms with Gasteiger partial charge in [0.05, 0.1) is 6.54 Å². The summed E-state index contributed by atoms with van der Waals surface area (Å²) in [6.07, 6.45) is 5.67. The van der Waals surface area contributed by atoms with Gasteiger partial charge in [-0.25, -0.2) is 4.98 Å². The van der Waals surface area contributed by atoms with E-state index in [0.29, 0.717) is 11.6 Å². The van der Waals surface area contributed by atoms with Gasteiger partial charge in [0.1, 0.15) is 12.7 Å². The van der Waals surface area contributed by atoms with Crippen molar-refractivity contribution >= 4 is 5.91 Å². The van der Waals surface area contributed by atoms with Crippen LogP contribution in [-0.4, -0.2) is 38.2 Å². The van der Waals surface area contributed by atoms with Crippen LogP contribution >= 0.6 is 0 Å². The van der Waals surface area contributed by atoms with E-state index in [1.54, 1.807) is 18.7 Å². The van der Waals surface area contributed by atoms with E-state index < -0.39 is 0 Å². The number of likely N-dealkylation sites (tertiary alicyclic amines) is 1. The first-order chi connectivity index (χ1) is 10.2. The molecule has 0 saturated carbocycles. The summed E-state index contributed by atoms with van der Waals surface area (Å²) >= 11 is 0. The maximum atomic E-state index is 11.3. The third-order valence-electron chi connectivity index (χ3n) is 3.96. The second-order valence-electron chi connectivity index (χ2n) is 5.45. The largest absolute Gasteiger partial charge is 0.366 e. The van der Waals surface area contributed by atoms with E-state index in [1.165, 1.54) is 6.42 Å². The molecule has 1 amide bonds. The van der Waals surface area contributed by atoms with Crippen LogP contribution in [0.1, 0.15) is 28.8 Å². The van der Waals surface area contributed by atoms with E-state index in [4.69, 9.17) is 5.73 Å². The fourth-order valence-corrected chi connectivity index (χ4v) is 2.91. The summed E-state index contributed by atoms with van der Waals surface area (Å²) in [6, 6.07) is 8.02. The highest BCUT2D eigenvalue weighted by molar-refractivity contribution is 5.92. The molecule has 21 heavy (non-hydrogen) atoms. The Morgan fingerprint density at radius 2 is 2.33 bits per heavy atom. The van der Waals surface area contributed by atoms with Crippen LogP contribution in [0.4, 0.5) is 0 Å². The number of hydrogen-bond acceptors (Lipinski definition) is 4. The summed E-state index contributed by atoms with van der Waals surface area (Å²) in [5.41, 5.74) is 7.03. The lowest BCUT2D eigenvalue weighted by molar-refractivity contribution is 0.1000. The number of nitrogens with two attached hydrogens (primary N) is 1. The van der Waals surface area contributed by atoms with Crippen LogP contribution in [0.15, 0.2) is 36.9 Å². The minimum absolute atomic E-state index is 0.377. The van der Waals surface area contributed by atoms with E-state index in [2.05, 4.69) is 15.0 Å². The third-order valence-corrected chi connectivity index (χ3v) is 3.96. The maximum Gasteiger partial charge on any atom is 0.248 e. The van der Waals surface area contributed by atoms with Crippen molar-refractivity contribution in [2.45, 2.75) is 32.0 Å². The molecule has 1 saturated heterocycles. The molecule has 0 aliphatic carbocycles. The molecule has 0 spiro atoms. The molecule has 0 radical (unpaired) electrons. The Bertz CT molecular complexity index is 610. The van der Waals surface area contributed by atoms with Crippen molar-refractivity contribution in [3.63, 3.8) is 0 Å². The number of benzene rings is 1. The van der Waals surface area contributed by atoms with Gasteiger partial charge in [0, 0.05) is 18.2 Å². The fourth-order valence-electron chi connectivity index (χ4n) is 2.91. The van der Waals surface area contributed by atoms with Gasteiger partial charge in [-0.2, -0.15) is 5.10 Å². The first-order valence-electron chi connectivity index (χ1n) is 7.17. The zero-order valence-corrected chi connectivity index (χ0v) is 11.9. The van der Waals surface area contributed by atoms with Crippen molar-refractivity contribution in [2.24, 2.45) is 5.73 Å². The first-order valence-corrected chi connectivity index (χ1v) is 7.17. The van der Waals surface area contributed by atoms with Crippen LogP contribution in [0.2, 0.25) is 0 Å². The molecule has 1 fully saturated rings. The summed E-state index contributed by atoms with van der Waals surface area (Å²) in [5, 5.41) is 4.18. The van der Waals surface area contributed by atoms with Crippen LogP contribution in [0, 0.1) is 0 Å². The molecule has 6 nitrogen and oxygen atoms in total. The van der Waals surface area contributed by atoms with E-state index in [0.717, 1.165) is 31.6 Å². The molecule has 2 heterocycles. The lowest BCUT2D eigenvalue weighted by Crippen LogP contribution is -2.32. The highest BCUT2D eigenvalue weighted by atomic mass is 16.1. The lowest BCUT2D eigenvalue weighted by Gasteiger charge is -2.24. The predicted octanol–water partition coefficient (Wildman–Crippen LogP) is 1.04. The number of hydrogen-bond donors (Lipinski definition) is 1. The number of carbonyl (C=O) groups is 1. The Morgan fingerprint density at radius 1 is 1.43 bits per heavy atom. The normalized spacial score (nSPS) is 19.0. The van der Waals surface area contributed by atoms with Crippen molar-refractivity contribution in [1.82, 2.24) is 19.7 Å². The van der Waals surface area contributed by atoms with Gasteiger partial charge in [-0.05, 0) is 37.1 Å². The van der Waals surface area contributed by atoms with Gasteiger partial charge < -0.3 is 5.73 Å². The number of nitrogens with zero attached hydrogens (tertiary/aromatic N) is 4. The SMILES string of the molecule is NC(=O)c1cccc(CN2CCC[C@@H]2Cn2cncn2)c1. The summed E-state index contributed by atoms with van der Waals surface area (Å²) in [6.45, 7) is 2.76. The molecule has 0 unspecified atom stereocenters. The van der Waals surface area contributed by atoms with Crippen LogP contribution in [-0.2, 0) is 13.1 Å². The summed E-state index contributed by atoms with van der Waals surface area (Å²) in [5.74, 6) is -0.377. The molecule has 1 aromatic heterocycles. The van der Waals surface area contributed by atoms with Crippen LogP contribution in [0.5, 0.6) is 0 Å². The Morgan fingerprint density at radius 3 is 3.10 bits per heavy atom. The summed E-state index contributed by atoms with van der Waals surface area (Å²) in [7, 11) is 0. The van der Waals surface area contributed by atoms with Gasteiger partial charge in [-0.3, -0.25) is 14.4 Å². The number of rotatable bonds is 5. The van der Waals surface area contributed by atoms with E-state index in [1.807, 2.05) is 22.9 Å². The summed E-state index contributed by atoms with van der Waals surface area (Å²) in [4.78, 5) is 17.7. The molecule has 2 aromatic rings. The second kappa shape index (κ2) is 6.05. The highest BCUT2D eigenvalue weighted by Crippen LogP contribution is 2.21. The molecule has 1 aromatic carbocycles. The molecular formula is C15H19N5O. The zero-order chi connectivity index (χ0) is 14.7. The fraction of sp³-hybridized carbons (Fsp3) is 0.400. The molecule has 0 bridgehead atoms. The quantitative estimate of drug-likeness (QED) is 0.890. The molecule has 3 rings (SSSR count). The van der Waals surface area contributed by atoms with Crippen molar-refractivity contribution < 1.29 is 4.79 Å². The number of amides is 1. The van der Waals surface area contributed by atoms with Crippen molar-refractivity contribution in [2.75, 3.05) is 6.54 Å². The van der Waals surface area contributed by atoms with E-state index in [-0.39, 0.29) is 5.91 Å². The topological polar surface area (TPSA) is 77.0 Å². The molecule has 1 aliphatic heterocycles. The Balaban J connectivity index is 1.68. The average molecular weight is 285 g/mol. The van der Waals surface area contributed by atoms with Crippen LogP contribution in [0.3, 0.4) is 0 Å². The minimum Gasteiger partial charge on any atom is -0.366 e. The van der Waals surface area contributed by atoms with Crippen molar-refractivity contribution in [1.29, 1.82) is 0 Å². The van der Waals surface area contributed by atoms with E-state index in [9.17, 15) is 4.79 Å². The third kappa shape index (κ3) is 3.28. The lowest BCUT2D eigenvalue weighted by atomic mass is 10.1. The van der Waals surface area contributed by atoms with Gasteiger partial charge in [-0.1, -0.05) is 12.1 Å². The van der Waals surface area contributed by atoms with Gasteiger partial charge in [0.15, 0.2) is 0 Å². The predicted molar refractivity (Wildman–Crippen MR) is 78.4 cm³/mol. The molecule has 2 N–H and O–H groups in total.